The Morgan fingerprint density at radius 2 is 1.50 bits per heavy atom. The van der Waals surface area contributed by atoms with Gasteiger partial charge in [-0.2, -0.15) is 0 Å². The highest BCUT2D eigenvalue weighted by Crippen LogP contribution is 2.40. The molecule has 0 saturated heterocycles. The number of hydrogen-bond acceptors (Lipinski definition) is 4. The minimum atomic E-state index is 0.530. The Balaban J connectivity index is 2.37. The molecule has 6 heteroatoms. The Morgan fingerprint density at radius 1 is 0.850 bits per heavy atom. The Morgan fingerprint density at radius 3 is 2.15 bits per heavy atom. The molecule has 2 aromatic carbocycles. The average Bonchev–Trinajstić information content (AvgIpc) is 2.44. The number of ether oxygens (including phenoxy) is 3. The molecule has 0 spiro atoms. The van der Waals surface area contributed by atoms with Crippen LogP contribution in [0.15, 0.2) is 39.3 Å². The number of benzene rings is 2. The molecule has 106 valence electrons. The molecule has 2 rings (SSSR count). The lowest BCUT2D eigenvalue weighted by atomic mass is 10.2. The molecule has 0 aliphatic heterocycles. The van der Waals surface area contributed by atoms with Crippen molar-refractivity contribution in [2.24, 2.45) is 0 Å². The zero-order valence-corrected chi connectivity index (χ0v) is 14.1. The molecule has 0 saturated carbocycles. The number of methoxy groups -OCH3 is 2. The first-order chi connectivity index (χ1) is 9.55. The van der Waals surface area contributed by atoms with Crippen LogP contribution in [0.2, 0.25) is 0 Å². The van der Waals surface area contributed by atoms with Crippen LogP contribution >= 0.6 is 31.9 Å². The summed E-state index contributed by atoms with van der Waals surface area (Å²) in [7, 11) is 3.20. The van der Waals surface area contributed by atoms with E-state index >= 15 is 0 Å². The third-order valence-electron chi connectivity index (χ3n) is 2.65. The molecule has 0 heterocycles. The summed E-state index contributed by atoms with van der Waals surface area (Å²) in [5.74, 6) is 2.54. The van der Waals surface area contributed by atoms with Gasteiger partial charge in [0.1, 0.15) is 17.2 Å². The van der Waals surface area contributed by atoms with Gasteiger partial charge in [-0.1, -0.05) is 0 Å². The van der Waals surface area contributed by atoms with Gasteiger partial charge in [0.2, 0.25) is 0 Å². The van der Waals surface area contributed by atoms with Crippen molar-refractivity contribution in [3.63, 3.8) is 0 Å². The zero-order chi connectivity index (χ0) is 14.7. The minimum absolute atomic E-state index is 0.530. The van der Waals surface area contributed by atoms with Gasteiger partial charge in [0.15, 0.2) is 5.75 Å². The molecule has 0 bridgehead atoms. The fraction of sp³-hybridized carbons (Fsp3) is 0.143. The number of hydrogen-bond donors (Lipinski definition) is 1. The highest BCUT2D eigenvalue weighted by atomic mass is 79.9. The topological polar surface area (TPSA) is 53.7 Å². The van der Waals surface area contributed by atoms with Crippen LogP contribution < -0.4 is 19.9 Å². The van der Waals surface area contributed by atoms with Crippen LogP contribution in [0.1, 0.15) is 0 Å². The number of nitrogen functional groups attached to an aromatic ring is 1. The second kappa shape index (κ2) is 6.37. The predicted octanol–water partition coefficient (Wildman–Crippen LogP) is 4.60. The third-order valence-corrected chi connectivity index (χ3v) is 3.89. The van der Waals surface area contributed by atoms with Crippen molar-refractivity contribution in [3.8, 4) is 23.0 Å². The first-order valence-electron chi connectivity index (χ1n) is 5.69. The lowest BCUT2D eigenvalue weighted by molar-refractivity contribution is 0.405. The van der Waals surface area contributed by atoms with E-state index in [4.69, 9.17) is 19.9 Å². The summed E-state index contributed by atoms with van der Waals surface area (Å²) in [5, 5.41) is 0. The van der Waals surface area contributed by atoms with Crippen LogP contribution in [-0.4, -0.2) is 14.2 Å². The van der Waals surface area contributed by atoms with Crippen molar-refractivity contribution in [1.29, 1.82) is 0 Å². The quantitative estimate of drug-likeness (QED) is 0.759. The molecular formula is C14H13Br2NO3. The molecule has 4 nitrogen and oxygen atoms in total. The van der Waals surface area contributed by atoms with Crippen LogP contribution in [0.25, 0.3) is 0 Å². The van der Waals surface area contributed by atoms with Gasteiger partial charge >= 0.3 is 0 Å². The zero-order valence-electron chi connectivity index (χ0n) is 10.9. The lowest BCUT2D eigenvalue weighted by Crippen LogP contribution is -1.94. The molecule has 2 aromatic rings. The van der Waals surface area contributed by atoms with E-state index in [0.29, 0.717) is 28.7 Å². The van der Waals surface area contributed by atoms with Gasteiger partial charge in [-0.15, -0.1) is 0 Å². The van der Waals surface area contributed by atoms with Gasteiger partial charge in [0, 0.05) is 6.07 Å². The van der Waals surface area contributed by atoms with Crippen molar-refractivity contribution in [2.45, 2.75) is 0 Å². The SMILES string of the molecule is COc1ccc(N)c(Oc2cc(Br)c(OC)cc2Br)c1. The maximum Gasteiger partial charge on any atom is 0.154 e. The molecule has 0 radical (unpaired) electrons. The normalized spacial score (nSPS) is 10.2. The van der Waals surface area contributed by atoms with Crippen molar-refractivity contribution in [2.75, 3.05) is 20.0 Å². The molecule has 0 aromatic heterocycles. The summed E-state index contributed by atoms with van der Waals surface area (Å²) in [4.78, 5) is 0. The Labute approximate surface area is 134 Å². The molecule has 20 heavy (non-hydrogen) atoms. The van der Waals surface area contributed by atoms with E-state index in [1.54, 1.807) is 32.4 Å². The van der Waals surface area contributed by atoms with Crippen molar-refractivity contribution in [3.05, 3.63) is 39.3 Å². The molecule has 0 aliphatic carbocycles. The number of halogens is 2. The van der Waals surface area contributed by atoms with Gasteiger partial charge in [-0.05, 0) is 56.1 Å². The monoisotopic (exact) mass is 401 g/mol. The van der Waals surface area contributed by atoms with Crippen LogP contribution in [0.5, 0.6) is 23.0 Å². The molecule has 0 fully saturated rings. The van der Waals surface area contributed by atoms with Crippen molar-refractivity contribution >= 4 is 37.5 Å². The predicted molar refractivity (Wildman–Crippen MR) is 85.9 cm³/mol. The minimum Gasteiger partial charge on any atom is -0.497 e. The summed E-state index contributed by atoms with van der Waals surface area (Å²) in [6.07, 6.45) is 0. The fourth-order valence-electron chi connectivity index (χ4n) is 1.59. The first kappa shape index (κ1) is 15.0. The van der Waals surface area contributed by atoms with Crippen LogP contribution in [0, 0.1) is 0 Å². The molecular weight excluding hydrogens is 390 g/mol. The molecule has 0 unspecified atom stereocenters. The second-order valence-electron chi connectivity index (χ2n) is 3.92. The first-order valence-corrected chi connectivity index (χ1v) is 7.28. The summed E-state index contributed by atoms with van der Waals surface area (Å²) in [6, 6.07) is 8.87. The van der Waals surface area contributed by atoms with Gasteiger partial charge in [-0.3, -0.25) is 0 Å². The summed E-state index contributed by atoms with van der Waals surface area (Å²) >= 11 is 6.86. The Hall–Kier alpha value is -1.40. The second-order valence-corrected chi connectivity index (χ2v) is 5.63. The standard InChI is InChI=1S/C14H13Br2NO3/c1-18-8-3-4-11(17)14(5-8)20-13-7-9(15)12(19-2)6-10(13)16/h3-7H,17H2,1-2H3. The molecule has 0 atom stereocenters. The van der Waals surface area contributed by atoms with Crippen molar-refractivity contribution in [1.82, 2.24) is 0 Å². The van der Waals surface area contributed by atoms with Gasteiger partial charge < -0.3 is 19.9 Å². The van der Waals surface area contributed by atoms with E-state index in [1.165, 1.54) is 0 Å². The Kier molecular flexibility index (Phi) is 4.77. The van der Waals surface area contributed by atoms with E-state index in [2.05, 4.69) is 31.9 Å². The van der Waals surface area contributed by atoms with Crippen LogP contribution in [0.3, 0.4) is 0 Å². The molecule has 0 aliphatic rings. The van der Waals surface area contributed by atoms with Gasteiger partial charge in [-0.25, -0.2) is 0 Å². The highest BCUT2D eigenvalue weighted by molar-refractivity contribution is 9.11. The average molecular weight is 403 g/mol. The third kappa shape index (κ3) is 3.19. The van der Waals surface area contributed by atoms with E-state index < -0.39 is 0 Å². The number of rotatable bonds is 4. The Bertz CT molecular complexity index is 632. The molecule has 2 N–H and O–H groups in total. The van der Waals surface area contributed by atoms with Crippen LogP contribution in [-0.2, 0) is 0 Å². The summed E-state index contributed by atoms with van der Waals surface area (Å²) in [6.45, 7) is 0. The number of nitrogens with two attached hydrogens (primary N) is 1. The van der Waals surface area contributed by atoms with E-state index in [0.717, 1.165) is 8.95 Å². The smallest absolute Gasteiger partial charge is 0.154 e. The van der Waals surface area contributed by atoms with E-state index in [1.807, 2.05) is 12.1 Å². The van der Waals surface area contributed by atoms with Crippen molar-refractivity contribution < 1.29 is 14.2 Å². The number of anilines is 1. The van der Waals surface area contributed by atoms with Gasteiger partial charge in [0.05, 0.1) is 28.9 Å². The summed E-state index contributed by atoms with van der Waals surface area (Å²) < 4.78 is 17.8. The molecule has 0 amide bonds. The maximum atomic E-state index is 5.90. The largest absolute Gasteiger partial charge is 0.497 e. The van der Waals surface area contributed by atoms with Crippen LogP contribution in [0.4, 0.5) is 5.69 Å². The lowest BCUT2D eigenvalue weighted by Gasteiger charge is -2.13. The fourth-order valence-corrected chi connectivity index (χ4v) is 2.48. The van der Waals surface area contributed by atoms with Gasteiger partial charge in [0.25, 0.3) is 0 Å². The van der Waals surface area contributed by atoms with E-state index in [-0.39, 0.29) is 0 Å². The summed E-state index contributed by atoms with van der Waals surface area (Å²) in [5.41, 5.74) is 6.44. The highest BCUT2D eigenvalue weighted by Gasteiger charge is 2.11. The maximum absolute atomic E-state index is 5.90. The van der Waals surface area contributed by atoms with E-state index in [9.17, 15) is 0 Å².